The van der Waals surface area contributed by atoms with E-state index in [0.29, 0.717) is 23.8 Å². The van der Waals surface area contributed by atoms with E-state index in [2.05, 4.69) is 44.8 Å². The van der Waals surface area contributed by atoms with E-state index in [9.17, 15) is 4.79 Å². The second-order valence-electron chi connectivity index (χ2n) is 7.73. The highest BCUT2D eigenvalue weighted by Crippen LogP contribution is 2.38. The minimum atomic E-state index is 0.0665. The van der Waals surface area contributed by atoms with Crippen molar-refractivity contribution in [2.24, 2.45) is 17.8 Å². The Morgan fingerprint density at radius 3 is 2.52 bits per heavy atom. The third-order valence-electron chi connectivity index (χ3n) is 5.60. The largest absolute Gasteiger partial charge is 0.323 e. The number of rotatable bonds is 6. The highest BCUT2D eigenvalue weighted by atomic mass is 16.2. The lowest BCUT2D eigenvalue weighted by atomic mass is 9.96. The average molecular weight is 294 g/mol. The molecule has 122 valence electrons. The van der Waals surface area contributed by atoms with Crippen LogP contribution in [0, 0.1) is 17.8 Å². The zero-order chi connectivity index (χ0) is 15.6. The highest BCUT2D eigenvalue weighted by molar-refractivity contribution is 5.84. The van der Waals surface area contributed by atoms with Gasteiger partial charge in [0.1, 0.15) is 0 Å². The molecule has 5 atom stereocenters. The number of amides is 1. The Morgan fingerprint density at radius 1 is 1.29 bits per heavy atom. The summed E-state index contributed by atoms with van der Waals surface area (Å²) >= 11 is 0. The van der Waals surface area contributed by atoms with Gasteiger partial charge in [-0.1, -0.05) is 47.5 Å². The van der Waals surface area contributed by atoms with E-state index in [0.717, 1.165) is 31.6 Å². The molecule has 0 aromatic carbocycles. The van der Waals surface area contributed by atoms with Crippen LogP contribution >= 0.6 is 0 Å². The lowest BCUT2D eigenvalue weighted by molar-refractivity contribution is -0.133. The molecule has 2 fully saturated rings. The van der Waals surface area contributed by atoms with Gasteiger partial charge in [-0.2, -0.15) is 0 Å². The third-order valence-corrected chi connectivity index (χ3v) is 5.60. The number of carbonyl (C=O) groups is 1. The molecule has 1 saturated heterocycles. The average Bonchev–Trinajstić information content (AvgIpc) is 2.89. The molecule has 1 saturated carbocycles. The normalized spacial score (nSPS) is 37.0. The van der Waals surface area contributed by atoms with Gasteiger partial charge in [0.15, 0.2) is 0 Å². The fourth-order valence-corrected chi connectivity index (χ4v) is 4.09. The maximum atomic E-state index is 12.9. The summed E-state index contributed by atoms with van der Waals surface area (Å²) in [5.74, 6) is 2.38. The molecule has 1 aliphatic heterocycles. The number of carbonyl (C=O) groups excluding carboxylic acids is 1. The molecular weight excluding hydrogens is 260 g/mol. The Balaban J connectivity index is 2.12. The lowest BCUT2D eigenvalue weighted by Gasteiger charge is -2.34. The van der Waals surface area contributed by atoms with Crippen LogP contribution in [0.4, 0.5) is 0 Å². The van der Waals surface area contributed by atoms with E-state index in [1.54, 1.807) is 0 Å². The van der Waals surface area contributed by atoms with Crippen LogP contribution in [0.3, 0.4) is 0 Å². The van der Waals surface area contributed by atoms with Crippen molar-refractivity contribution in [3.05, 3.63) is 0 Å². The Bertz CT molecular complexity index is 355. The number of nitrogens with zero attached hydrogens (tertiary/aromatic N) is 1. The first-order valence-electron chi connectivity index (χ1n) is 9.03. The SMILES string of the molecule is CCCCC1NC(CC(C)C)N(C2CCC(C)C2C)C1=O. The molecule has 3 nitrogen and oxygen atoms in total. The summed E-state index contributed by atoms with van der Waals surface area (Å²) in [5.41, 5.74) is 0. The quantitative estimate of drug-likeness (QED) is 0.808. The number of nitrogens with one attached hydrogen (secondary N) is 1. The number of unbranched alkanes of at least 4 members (excludes halogenated alkanes) is 1. The first kappa shape index (κ1) is 16.8. The molecule has 2 aliphatic rings. The Morgan fingerprint density at radius 2 is 2.00 bits per heavy atom. The minimum absolute atomic E-state index is 0.0665. The zero-order valence-electron chi connectivity index (χ0n) is 14.6. The van der Waals surface area contributed by atoms with Gasteiger partial charge in [0.2, 0.25) is 5.91 Å². The van der Waals surface area contributed by atoms with Gasteiger partial charge in [-0.3, -0.25) is 10.1 Å². The van der Waals surface area contributed by atoms with Crippen molar-refractivity contribution >= 4 is 5.91 Å². The van der Waals surface area contributed by atoms with Gasteiger partial charge in [0.05, 0.1) is 12.2 Å². The molecule has 1 amide bonds. The predicted octanol–water partition coefficient (Wildman–Crippen LogP) is 3.78. The first-order valence-corrected chi connectivity index (χ1v) is 9.03. The van der Waals surface area contributed by atoms with E-state index in [-0.39, 0.29) is 12.2 Å². The molecule has 0 radical (unpaired) electrons. The van der Waals surface area contributed by atoms with Gasteiger partial charge in [0.25, 0.3) is 0 Å². The molecule has 0 aromatic rings. The van der Waals surface area contributed by atoms with Crippen LogP contribution in [-0.4, -0.2) is 29.1 Å². The van der Waals surface area contributed by atoms with Crippen molar-refractivity contribution in [3.8, 4) is 0 Å². The van der Waals surface area contributed by atoms with Crippen molar-refractivity contribution in [2.45, 2.75) is 91.4 Å². The molecular formula is C18H34N2O. The summed E-state index contributed by atoms with van der Waals surface area (Å²) in [6.07, 6.45) is 7.09. The van der Waals surface area contributed by atoms with Crippen LogP contribution in [0.25, 0.3) is 0 Å². The van der Waals surface area contributed by atoms with Crippen LogP contribution in [0.2, 0.25) is 0 Å². The number of hydrogen-bond donors (Lipinski definition) is 1. The highest BCUT2D eigenvalue weighted by Gasteiger charge is 2.46. The van der Waals surface area contributed by atoms with E-state index >= 15 is 0 Å². The van der Waals surface area contributed by atoms with Gasteiger partial charge >= 0.3 is 0 Å². The van der Waals surface area contributed by atoms with Crippen molar-refractivity contribution in [2.75, 3.05) is 0 Å². The van der Waals surface area contributed by atoms with E-state index in [4.69, 9.17) is 0 Å². The summed E-state index contributed by atoms with van der Waals surface area (Å²) in [7, 11) is 0. The Labute approximate surface area is 130 Å². The molecule has 5 unspecified atom stereocenters. The second kappa shape index (κ2) is 7.13. The standard InChI is InChI=1S/C18H34N2O/c1-6-7-8-15-18(21)20(17(19-15)11-12(2)3)16-10-9-13(4)14(16)5/h12-17,19H,6-11H2,1-5H3. The topological polar surface area (TPSA) is 32.3 Å². The Hall–Kier alpha value is -0.570. The molecule has 1 heterocycles. The molecule has 3 heteroatoms. The van der Waals surface area contributed by atoms with Crippen LogP contribution < -0.4 is 5.32 Å². The van der Waals surface area contributed by atoms with Crippen LogP contribution in [0.1, 0.15) is 73.1 Å². The van der Waals surface area contributed by atoms with Gasteiger partial charge in [0, 0.05) is 6.04 Å². The first-order chi connectivity index (χ1) is 9.95. The predicted molar refractivity (Wildman–Crippen MR) is 87.9 cm³/mol. The molecule has 2 rings (SSSR count). The molecule has 1 N–H and O–H groups in total. The van der Waals surface area contributed by atoms with Crippen molar-refractivity contribution in [1.29, 1.82) is 0 Å². The van der Waals surface area contributed by atoms with E-state index < -0.39 is 0 Å². The van der Waals surface area contributed by atoms with Crippen LogP contribution in [0.15, 0.2) is 0 Å². The zero-order valence-corrected chi connectivity index (χ0v) is 14.6. The maximum absolute atomic E-state index is 12.9. The van der Waals surface area contributed by atoms with Gasteiger partial charge in [-0.05, 0) is 43.4 Å². The minimum Gasteiger partial charge on any atom is -0.323 e. The van der Waals surface area contributed by atoms with Gasteiger partial charge in [-0.15, -0.1) is 0 Å². The fraction of sp³-hybridized carbons (Fsp3) is 0.944. The van der Waals surface area contributed by atoms with E-state index in [1.807, 2.05) is 0 Å². The summed E-state index contributed by atoms with van der Waals surface area (Å²) < 4.78 is 0. The monoisotopic (exact) mass is 294 g/mol. The third kappa shape index (κ3) is 3.61. The van der Waals surface area contributed by atoms with Crippen molar-refractivity contribution < 1.29 is 4.79 Å². The molecule has 0 bridgehead atoms. The summed E-state index contributed by atoms with van der Waals surface area (Å²) in [6.45, 7) is 11.4. The molecule has 21 heavy (non-hydrogen) atoms. The summed E-state index contributed by atoms with van der Waals surface area (Å²) in [5, 5.41) is 3.65. The van der Waals surface area contributed by atoms with Crippen molar-refractivity contribution in [1.82, 2.24) is 10.2 Å². The summed E-state index contributed by atoms with van der Waals surface area (Å²) in [6, 6.07) is 0.521. The molecule has 0 aromatic heterocycles. The second-order valence-corrected chi connectivity index (χ2v) is 7.73. The molecule has 1 aliphatic carbocycles. The maximum Gasteiger partial charge on any atom is 0.241 e. The number of hydrogen-bond acceptors (Lipinski definition) is 2. The van der Waals surface area contributed by atoms with E-state index in [1.165, 1.54) is 12.8 Å². The smallest absolute Gasteiger partial charge is 0.241 e. The van der Waals surface area contributed by atoms with Gasteiger partial charge < -0.3 is 4.90 Å². The summed E-state index contributed by atoms with van der Waals surface area (Å²) in [4.78, 5) is 15.2. The van der Waals surface area contributed by atoms with Crippen LogP contribution in [0.5, 0.6) is 0 Å². The molecule has 0 spiro atoms. The fourth-order valence-electron chi connectivity index (χ4n) is 4.09. The Kier molecular flexibility index (Phi) is 5.70. The lowest BCUT2D eigenvalue weighted by Crippen LogP contribution is -2.46. The van der Waals surface area contributed by atoms with Crippen molar-refractivity contribution in [3.63, 3.8) is 0 Å². The van der Waals surface area contributed by atoms with Gasteiger partial charge in [-0.25, -0.2) is 0 Å². The van der Waals surface area contributed by atoms with Crippen LogP contribution in [-0.2, 0) is 4.79 Å².